The van der Waals surface area contributed by atoms with Crippen molar-refractivity contribution >= 4 is 16.9 Å². The van der Waals surface area contributed by atoms with Gasteiger partial charge in [0.25, 0.3) is 5.91 Å². The normalized spacial score (nSPS) is 15.9. The molecule has 1 atom stereocenters. The molecular weight excluding hydrogens is 380 g/mol. The second-order valence-corrected chi connectivity index (χ2v) is 7.67. The van der Waals surface area contributed by atoms with Crippen molar-refractivity contribution in [2.45, 2.75) is 19.9 Å². The summed E-state index contributed by atoms with van der Waals surface area (Å²) in [6.07, 6.45) is 0. The number of nitrogens with zero attached hydrogens (tertiary/aromatic N) is 2. The van der Waals surface area contributed by atoms with Gasteiger partial charge in [0.1, 0.15) is 0 Å². The van der Waals surface area contributed by atoms with Gasteiger partial charge in [-0.15, -0.1) is 0 Å². The van der Waals surface area contributed by atoms with E-state index in [1.165, 1.54) is 11.6 Å². The van der Waals surface area contributed by atoms with Gasteiger partial charge in [-0.3, -0.25) is 9.69 Å². The lowest BCUT2D eigenvalue weighted by molar-refractivity contribution is -0.135. The SMILES string of the molecule is Cc1cc(=O)oc2c(OCC(=O)N3CCN(C(C)c4ccccc4)CC3)cccc12. The van der Waals surface area contributed by atoms with E-state index in [4.69, 9.17) is 9.15 Å². The fourth-order valence-corrected chi connectivity index (χ4v) is 3.96. The van der Waals surface area contributed by atoms with E-state index in [1.807, 2.05) is 30.0 Å². The maximum Gasteiger partial charge on any atom is 0.336 e. The Balaban J connectivity index is 1.36. The highest BCUT2D eigenvalue weighted by Crippen LogP contribution is 2.26. The summed E-state index contributed by atoms with van der Waals surface area (Å²) in [5.41, 5.74) is 2.07. The molecular formula is C24H26N2O4. The molecule has 6 heteroatoms. The first-order valence-electron chi connectivity index (χ1n) is 10.3. The predicted molar refractivity (Wildman–Crippen MR) is 116 cm³/mol. The topological polar surface area (TPSA) is 63.0 Å². The third-order valence-electron chi connectivity index (χ3n) is 5.79. The number of piperazine rings is 1. The Bertz CT molecular complexity index is 1090. The average Bonchev–Trinajstić information content (AvgIpc) is 2.77. The van der Waals surface area contributed by atoms with Crippen LogP contribution in [0.3, 0.4) is 0 Å². The summed E-state index contributed by atoms with van der Waals surface area (Å²) < 4.78 is 11.1. The van der Waals surface area contributed by atoms with Crippen LogP contribution in [0.5, 0.6) is 5.75 Å². The Morgan fingerprint density at radius 3 is 2.53 bits per heavy atom. The summed E-state index contributed by atoms with van der Waals surface area (Å²) in [5, 5.41) is 0.808. The first-order valence-corrected chi connectivity index (χ1v) is 10.3. The Morgan fingerprint density at radius 1 is 1.07 bits per heavy atom. The highest BCUT2D eigenvalue weighted by molar-refractivity contribution is 5.85. The zero-order valence-corrected chi connectivity index (χ0v) is 17.3. The molecule has 0 spiro atoms. The summed E-state index contributed by atoms with van der Waals surface area (Å²) in [5.74, 6) is 0.354. The van der Waals surface area contributed by atoms with Crippen LogP contribution in [-0.2, 0) is 4.79 Å². The molecule has 30 heavy (non-hydrogen) atoms. The molecule has 1 amide bonds. The van der Waals surface area contributed by atoms with E-state index < -0.39 is 5.63 Å². The molecule has 0 saturated carbocycles. The number of fused-ring (bicyclic) bond motifs is 1. The lowest BCUT2D eigenvalue weighted by Gasteiger charge is -2.38. The minimum Gasteiger partial charge on any atom is -0.480 e. The number of amides is 1. The van der Waals surface area contributed by atoms with Crippen LogP contribution in [0, 0.1) is 6.92 Å². The van der Waals surface area contributed by atoms with Crippen LogP contribution in [-0.4, -0.2) is 48.5 Å². The molecule has 0 N–H and O–H groups in total. The van der Waals surface area contributed by atoms with Gasteiger partial charge in [-0.05, 0) is 31.0 Å². The smallest absolute Gasteiger partial charge is 0.336 e. The number of ether oxygens (including phenoxy) is 1. The maximum atomic E-state index is 12.7. The van der Waals surface area contributed by atoms with Crippen LogP contribution < -0.4 is 10.4 Å². The number of carbonyl (C=O) groups excluding carboxylic acids is 1. The standard InChI is InChI=1S/C24H26N2O4/c1-17-15-23(28)30-24-20(17)9-6-10-21(24)29-16-22(27)26-13-11-25(12-14-26)18(2)19-7-4-3-5-8-19/h3-10,15,18H,11-14,16H2,1-2H3. The average molecular weight is 406 g/mol. The quantitative estimate of drug-likeness (QED) is 0.608. The van der Waals surface area contributed by atoms with E-state index in [2.05, 4.69) is 36.1 Å². The van der Waals surface area contributed by atoms with Gasteiger partial charge < -0.3 is 14.1 Å². The van der Waals surface area contributed by atoms with Gasteiger partial charge in [0, 0.05) is 43.7 Å². The third kappa shape index (κ3) is 4.24. The van der Waals surface area contributed by atoms with Crippen molar-refractivity contribution in [3.05, 3.63) is 76.1 Å². The molecule has 1 aliphatic heterocycles. The van der Waals surface area contributed by atoms with Crippen LogP contribution >= 0.6 is 0 Å². The molecule has 2 aromatic carbocycles. The third-order valence-corrected chi connectivity index (χ3v) is 5.79. The number of para-hydroxylation sites is 1. The second-order valence-electron chi connectivity index (χ2n) is 7.67. The van der Waals surface area contributed by atoms with Crippen LogP contribution in [0.15, 0.2) is 63.8 Å². The molecule has 4 rings (SSSR count). The number of hydrogen-bond donors (Lipinski definition) is 0. The monoisotopic (exact) mass is 406 g/mol. The highest BCUT2D eigenvalue weighted by Gasteiger charge is 2.25. The van der Waals surface area contributed by atoms with E-state index >= 15 is 0 Å². The summed E-state index contributed by atoms with van der Waals surface area (Å²) in [4.78, 5) is 28.6. The molecule has 0 radical (unpaired) electrons. The van der Waals surface area contributed by atoms with Gasteiger partial charge in [-0.1, -0.05) is 42.5 Å². The van der Waals surface area contributed by atoms with Gasteiger partial charge in [0.05, 0.1) is 0 Å². The van der Waals surface area contributed by atoms with Gasteiger partial charge in [-0.25, -0.2) is 4.79 Å². The van der Waals surface area contributed by atoms with Gasteiger partial charge in [0.2, 0.25) is 0 Å². The lowest BCUT2D eigenvalue weighted by Crippen LogP contribution is -2.50. The molecule has 3 aromatic rings. The van der Waals surface area contributed by atoms with E-state index in [1.54, 1.807) is 6.07 Å². The highest BCUT2D eigenvalue weighted by atomic mass is 16.5. The van der Waals surface area contributed by atoms with Crippen LogP contribution in [0.1, 0.15) is 24.1 Å². The number of benzene rings is 2. The molecule has 2 heterocycles. The number of rotatable bonds is 5. The van der Waals surface area contributed by atoms with Gasteiger partial charge >= 0.3 is 5.63 Å². The van der Waals surface area contributed by atoms with E-state index in [0.29, 0.717) is 30.5 Å². The van der Waals surface area contributed by atoms with Crippen molar-refractivity contribution in [1.29, 1.82) is 0 Å². The molecule has 1 aromatic heterocycles. The zero-order chi connectivity index (χ0) is 21.1. The Labute approximate surface area is 175 Å². The Hall–Kier alpha value is -3.12. The first kappa shape index (κ1) is 20.2. The number of carbonyl (C=O) groups is 1. The summed E-state index contributed by atoms with van der Waals surface area (Å²) in [6, 6.07) is 17.6. The summed E-state index contributed by atoms with van der Waals surface area (Å²) in [7, 11) is 0. The van der Waals surface area contributed by atoms with E-state index in [0.717, 1.165) is 24.0 Å². The van der Waals surface area contributed by atoms with Crippen LogP contribution in [0.25, 0.3) is 11.0 Å². The minimum atomic E-state index is -0.425. The number of hydrogen-bond acceptors (Lipinski definition) is 5. The van der Waals surface area contributed by atoms with Crippen LogP contribution in [0.4, 0.5) is 0 Å². The van der Waals surface area contributed by atoms with Gasteiger partial charge in [-0.2, -0.15) is 0 Å². The molecule has 0 aliphatic carbocycles. The second kappa shape index (κ2) is 8.71. The van der Waals surface area contributed by atoms with Crippen molar-refractivity contribution in [3.8, 4) is 5.75 Å². The van der Waals surface area contributed by atoms with E-state index in [9.17, 15) is 9.59 Å². The molecule has 1 aliphatic rings. The zero-order valence-electron chi connectivity index (χ0n) is 17.3. The van der Waals surface area contributed by atoms with E-state index in [-0.39, 0.29) is 12.5 Å². The molecule has 156 valence electrons. The van der Waals surface area contributed by atoms with Crippen molar-refractivity contribution in [2.75, 3.05) is 32.8 Å². The fraction of sp³-hybridized carbons (Fsp3) is 0.333. The maximum absolute atomic E-state index is 12.7. The minimum absolute atomic E-state index is 0.0611. The lowest BCUT2D eigenvalue weighted by atomic mass is 10.1. The predicted octanol–water partition coefficient (Wildman–Crippen LogP) is 3.39. The largest absolute Gasteiger partial charge is 0.480 e. The Kier molecular flexibility index (Phi) is 5.86. The molecule has 1 unspecified atom stereocenters. The van der Waals surface area contributed by atoms with Gasteiger partial charge in [0.15, 0.2) is 17.9 Å². The number of aryl methyl sites for hydroxylation is 1. The van der Waals surface area contributed by atoms with Crippen molar-refractivity contribution < 1.29 is 13.9 Å². The molecule has 1 saturated heterocycles. The van der Waals surface area contributed by atoms with Crippen molar-refractivity contribution in [3.63, 3.8) is 0 Å². The first-order chi connectivity index (χ1) is 14.5. The molecule has 0 bridgehead atoms. The van der Waals surface area contributed by atoms with Crippen molar-refractivity contribution in [1.82, 2.24) is 9.80 Å². The molecule has 1 fully saturated rings. The summed E-state index contributed by atoms with van der Waals surface area (Å²) in [6.45, 7) is 6.96. The summed E-state index contributed by atoms with van der Waals surface area (Å²) >= 11 is 0. The Morgan fingerprint density at radius 2 is 1.80 bits per heavy atom. The molecule has 6 nitrogen and oxygen atoms in total. The fourth-order valence-electron chi connectivity index (χ4n) is 3.96. The van der Waals surface area contributed by atoms with Crippen molar-refractivity contribution in [2.24, 2.45) is 0 Å². The van der Waals surface area contributed by atoms with Crippen LogP contribution in [0.2, 0.25) is 0 Å².